The van der Waals surface area contributed by atoms with Gasteiger partial charge < -0.3 is 15.2 Å². The third kappa shape index (κ3) is 2.27. The molecule has 3 heteroatoms. The highest BCUT2D eigenvalue weighted by Crippen LogP contribution is 2.37. The van der Waals surface area contributed by atoms with Gasteiger partial charge in [0.15, 0.2) is 0 Å². The van der Waals surface area contributed by atoms with Gasteiger partial charge in [-0.25, -0.2) is 0 Å². The number of hydrogen-bond acceptors (Lipinski definition) is 3. The van der Waals surface area contributed by atoms with Crippen molar-refractivity contribution in [2.24, 2.45) is 11.7 Å². The Hall–Kier alpha value is -0.120. The molecule has 2 saturated heterocycles. The second-order valence-electron chi connectivity index (χ2n) is 4.62. The second-order valence-corrected chi connectivity index (χ2v) is 4.62. The Balaban J connectivity index is 1.83. The smallest absolute Gasteiger partial charge is 0.0939 e. The molecule has 2 fully saturated rings. The van der Waals surface area contributed by atoms with Gasteiger partial charge in [0, 0.05) is 19.6 Å². The molecule has 0 radical (unpaired) electrons. The lowest BCUT2D eigenvalue weighted by molar-refractivity contribution is -0.0988. The third-order valence-corrected chi connectivity index (χ3v) is 3.48. The first-order valence-corrected chi connectivity index (χ1v) is 5.76. The van der Waals surface area contributed by atoms with Crippen LogP contribution in [0.4, 0.5) is 0 Å². The Morgan fingerprint density at radius 1 is 1.36 bits per heavy atom. The van der Waals surface area contributed by atoms with Gasteiger partial charge in [-0.1, -0.05) is 0 Å². The number of ether oxygens (including phenoxy) is 2. The van der Waals surface area contributed by atoms with Crippen LogP contribution in [0.5, 0.6) is 0 Å². The van der Waals surface area contributed by atoms with Gasteiger partial charge in [0.1, 0.15) is 0 Å². The monoisotopic (exact) mass is 199 g/mol. The van der Waals surface area contributed by atoms with Crippen molar-refractivity contribution < 1.29 is 9.47 Å². The SMILES string of the molecule is NCCCC1CCOC2(CCOC2)C1. The maximum absolute atomic E-state index is 5.88. The van der Waals surface area contributed by atoms with Gasteiger partial charge in [-0.15, -0.1) is 0 Å². The molecule has 2 aliphatic rings. The highest BCUT2D eigenvalue weighted by Gasteiger charge is 2.40. The van der Waals surface area contributed by atoms with Crippen molar-refractivity contribution in [1.29, 1.82) is 0 Å². The first kappa shape index (κ1) is 10.4. The van der Waals surface area contributed by atoms with E-state index in [4.69, 9.17) is 15.2 Å². The Labute approximate surface area is 85.9 Å². The van der Waals surface area contributed by atoms with E-state index >= 15 is 0 Å². The van der Waals surface area contributed by atoms with Gasteiger partial charge in [-0.05, 0) is 38.1 Å². The first-order valence-electron chi connectivity index (χ1n) is 5.76. The molecule has 0 bridgehead atoms. The number of rotatable bonds is 3. The minimum atomic E-state index is 0.0809. The molecule has 2 unspecified atom stereocenters. The van der Waals surface area contributed by atoms with Gasteiger partial charge in [-0.3, -0.25) is 0 Å². The van der Waals surface area contributed by atoms with Crippen molar-refractivity contribution in [1.82, 2.24) is 0 Å². The molecule has 0 aromatic heterocycles. The molecule has 1 spiro atoms. The fourth-order valence-electron chi connectivity index (χ4n) is 2.65. The van der Waals surface area contributed by atoms with E-state index in [2.05, 4.69) is 0 Å². The molecule has 2 N–H and O–H groups in total. The first-order chi connectivity index (χ1) is 6.85. The Morgan fingerprint density at radius 2 is 2.29 bits per heavy atom. The van der Waals surface area contributed by atoms with E-state index in [1.165, 1.54) is 19.3 Å². The summed E-state index contributed by atoms with van der Waals surface area (Å²) >= 11 is 0. The van der Waals surface area contributed by atoms with Gasteiger partial charge in [0.05, 0.1) is 12.2 Å². The average Bonchev–Trinajstić information content (AvgIpc) is 2.63. The molecular weight excluding hydrogens is 178 g/mol. The van der Waals surface area contributed by atoms with Gasteiger partial charge >= 0.3 is 0 Å². The topological polar surface area (TPSA) is 44.5 Å². The van der Waals surface area contributed by atoms with Crippen LogP contribution in [0.25, 0.3) is 0 Å². The highest BCUT2D eigenvalue weighted by molar-refractivity contribution is 4.90. The summed E-state index contributed by atoms with van der Waals surface area (Å²) in [7, 11) is 0. The second kappa shape index (κ2) is 4.60. The van der Waals surface area contributed by atoms with Crippen LogP contribution in [-0.4, -0.2) is 32.0 Å². The zero-order valence-corrected chi connectivity index (χ0v) is 8.84. The molecule has 82 valence electrons. The lowest BCUT2D eigenvalue weighted by atomic mass is 9.83. The largest absolute Gasteiger partial charge is 0.378 e. The van der Waals surface area contributed by atoms with Crippen LogP contribution in [0.3, 0.4) is 0 Å². The molecule has 0 aromatic carbocycles. The molecule has 2 rings (SSSR count). The predicted octanol–water partition coefficient (Wildman–Crippen LogP) is 1.31. The van der Waals surface area contributed by atoms with Crippen molar-refractivity contribution >= 4 is 0 Å². The molecule has 2 heterocycles. The van der Waals surface area contributed by atoms with E-state index in [9.17, 15) is 0 Å². The Kier molecular flexibility index (Phi) is 3.42. The summed E-state index contributed by atoms with van der Waals surface area (Å²) in [6.07, 6.45) is 5.91. The van der Waals surface area contributed by atoms with Gasteiger partial charge in [-0.2, -0.15) is 0 Å². The third-order valence-electron chi connectivity index (χ3n) is 3.48. The number of nitrogens with two attached hydrogens (primary N) is 1. The summed E-state index contributed by atoms with van der Waals surface area (Å²) < 4.78 is 11.3. The van der Waals surface area contributed by atoms with Crippen LogP contribution in [-0.2, 0) is 9.47 Å². The van der Waals surface area contributed by atoms with E-state index < -0.39 is 0 Å². The standard InChI is InChI=1S/C11H21NO2/c12-5-1-2-10-3-6-14-11(8-10)4-7-13-9-11/h10H,1-9,12H2. The number of hydrogen-bond donors (Lipinski definition) is 1. The minimum Gasteiger partial charge on any atom is -0.378 e. The van der Waals surface area contributed by atoms with E-state index in [1.807, 2.05) is 0 Å². The van der Waals surface area contributed by atoms with E-state index in [-0.39, 0.29) is 5.60 Å². The quantitative estimate of drug-likeness (QED) is 0.745. The zero-order valence-electron chi connectivity index (χ0n) is 8.84. The Bertz CT molecular complexity index is 178. The maximum Gasteiger partial charge on any atom is 0.0939 e. The van der Waals surface area contributed by atoms with Gasteiger partial charge in [0.25, 0.3) is 0 Å². The highest BCUT2D eigenvalue weighted by atomic mass is 16.6. The van der Waals surface area contributed by atoms with Crippen molar-refractivity contribution in [3.63, 3.8) is 0 Å². The van der Waals surface area contributed by atoms with Crippen molar-refractivity contribution in [3.8, 4) is 0 Å². The van der Waals surface area contributed by atoms with E-state index in [0.29, 0.717) is 0 Å². The lowest BCUT2D eigenvalue weighted by Crippen LogP contribution is -2.40. The summed E-state index contributed by atoms with van der Waals surface area (Å²) in [6.45, 7) is 3.43. The molecule has 3 nitrogen and oxygen atoms in total. The summed E-state index contributed by atoms with van der Waals surface area (Å²) in [6, 6.07) is 0. The average molecular weight is 199 g/mol. The molecule has 14 heavy (non-hydrogen) atoms. The predicted molar refractivity (Wildman–Crippen MR) is 55.1 cm³/mol. The molecular formula is C11H21NO2. The molecule has 2 atom stereocenters. The van der Waals surface area contributed by atoms with Crippen LogP contribution in [0.1, 0.15) is 32.1 Å². The fourth-order valence-corrected chi connectivity index (χ4v) is 2.65. The lowest BCUT2D eigenvalue weighted by Gasteiger charge is -2.37. The van der Waals surface area contributed by atoms with Crippen molar-refractivity contribution in [3.05, 3.63) is 0 Å². The van der Waals surface area contributed by atoms with Crippen LogP contribution < -0.4 is 5.73 Å². The summed E-state index contributed by atoms with van der Waals surface area (Å²) in [4.78, 5) is 0. The zero-order chi connectivity index (χ0) is 9.86. The van der Waals surface area contributed by atoms with Crippen molar-refractivity contribution in [2.45, 2.75) is 37.7 Å². The summed E-state index contributed by atoms with van der Waals surface area (Å²) in [5.41, 5.74) is 5.62. The van der Waals surface area contributed by atoms with E-state index in [1.54, 1.807) is 0 Å². The van der Waals surface area contributed by atoms with Gasteiger partial charge in [0.2, 0.25) is 0 Å². The van der Waals surface area contributed by atoms with Crippen LogP contribution in [0, 0.1) is 5.92 Å². The summed E-state index contributed by atoms with van der Waals surface area (Å²) in [5.74, 6) is 0.814. The van der Waals surface area contributed by atoms with Crippen LogP contribution in [0.2, 0.25) is 0 Å². The van der Waals surface area contributed by atoms with E-state index in [0.717, 1.165) is 45.1 Å². The fraction of sp³-hybridized carbons (Fsp3) is 1.00. The molecule has 0 aliphatic carbocycles. The Morgan fingerprint density at radius 3 is 3.00 bits per heavy atom. The molecule has 0 saturated carbocycles. The van der Waals surface area contributed by atoms with Crippen LogP contribution in [0.15, 0.2) is 0 Å². The maximum atomic E-state index is 5.88. The molecule has 0 aromatic rings. The van der Waals surface area contributed by atoms with Crippen LogP contribution >= 0.6 is 0 Å². The normalized spacial score (nSPS) is 37.9. The molecule has 2 aliphatic heterocycles. The minimum absolute atomic E-state index is 0.0809. The molecule has 0 amide bonds. The summed E-state index contributed by atoms with van der Waals surface area (Å²) in [5, 5.41) is 0. The van der Waals surface area contributed by atoms with Crippen molar-refractivity contribution in [2.75, 3.05) is 26.4 Å².